The predicted octanol–water partition coefficient (Wildman–Crippen LogP) is 4.76. The molecule has 0 N–H and O–H groups in total. The fourth-order valence-corrected chi connectivity index (χ4v) is 2.65. The van der Waals surface area contributed by atoms with E-state index in [1.54, 1.807) is 0 Å². The third-order valence-electron chi connectivity index (χ3n) is 3.23. The van der Waals surface area contributed by atoms with Crippen LogP contribution < -0.4 is 0 Å². The van der Waals surface area contributed by atoms with E-state index >= 15 is 0 Å². The molecule has 0 amide bonds. The molecule has 0 atom stereocenters. The van der Waals surface area contributed by atoms with Crippen molar-refractivity contribution in [2.75, 3.05) is 0 Å². The van der Waals surface area contributed by atoms with Gasteiger partial charge in [-0.1, -0.05) is 46.3 Å². The van der Waals surface area contributed by atoms with E-state index in [1.807, 2.05) is 6.07 Å². The van der Waals surface area contributed by atoms with Gasteiger partial charge < -0.3 is 4.57 Å². The Bertz CT molecular complexity index is 697. The number of aryl methyl sites for hydroxylation is 1. The first-order chi connectivity index (χ1) is 8.74. The van der Waals surface area contributed by atoms with Gasteiger partial charge in [-0.3, -0.25) is 0 Å². The molecule has 90 valence electrons. The molecule has 1 heterocycles. The topological polar surface area (TPSA) is 4.93 Å². The molecule has 18 heavy (non-hydrogen) atoms. The van der Waals surface area contributed by atoms with Crippen LogP contribution in [0, 0.1) is 6.92 Å². The van der Waals surface area contributed by atoms with Gasteiger partial charge in [0.15, 0.2) is 0 Å². The van der Waals surface area contributed by atoms with E-state index in [4.69, 9.17) is 0 Å². The van der Waals surface area contributed by atoms with Crippen LogP contribution >= 0.6 is 15.9 Å². The second-order valence-corrected chi connectivity index (χ2v) is 5.45. The minimum Gasteiger partial charge on any atom is -0.343 e. The van der Waals surface area contributed by atoms with Gasteiger partial charge in [0, 0.05) is 22.7 Å². The van der Waals surface area contributed by atoms with Gasteiger partial charge in [-0.2, -0.15) is 0 Å². The minimum atomic E-state index is 0.897. The molecule has 0 bridgehead atoms. The summed E-state index contributed by atoms with van der Waals surface area (Å²) >= 11 is 3.61. The van der Waals surface area contributed by atoms with Crippen LogP contribution in [-0.2, 0) is 6.54 Å². The number of hydrogen-bond donors (Lipinski definition) is 0. The Balaban J connectivity index is 2.05. The highest BCUT2D eigenvalue weighted by Crippen LogP contribution is 2.22. The smallest absolute Gasteiger partial charge is 0.0487 e. The molecule has 3 aromatic rings. The summed E-state index contributed by atoms with van der Waals surface area (Å²) in [7, 11) is 0. The summed E-state index contributed by atoms with van der Waals surface area (Å²) < 4.78 is 3.46. The number of hydrogen-bond acceptors (Lipinski definition) is 0. The van der Waals surface area contributed by atoms with Gasteiger partial charge in [-0.25, -0.2) is 0 Å². The normalized spacial score (nSPS) is 11.0. The lowest BCUT2D eigenvalue weighted by molar-refractivity contribution is 0.833. The maximum absolute atomic E-state index is 3.61. The molecule has 0 unspecified atom stereocenters. The maximum Gasteiger partial charge on any atom is 0.0487 e. The van der Waals surface area contributed by atoms with Gasteiger partial charge in [0.1, 0.15) is 0 Å². The van der Waals surface area contributed by atoms with E-state index in [9.17, 15) is 0 Å². The van der Waals surface area contributed by atoms with Crippen LogP contribution in [0.15, 0.2) is 59.2 Å². The Morgan fingerprint density at radius 3 is 2.72 bits per heavy atom. The highest BCUT2D eigenvalue weighted by atomic mass is 79.9. The molecule has 0 saturated carbocycles. The van der Waals surface area contributed by atoms with Gasteiger partial charge >= 0.3 is 0 Å². The SMILES string of the molecule is Cc1ccc2ccn(Cc3ccccc3Br)c2c1. The van der Waals surface area contributed by atoms with E-state index in [0.717, 1.165) is 6.54 Å². The fourth-order valence-electron chi connectivity index (χ4n) is 2.24. The van der Waals surface area contributed by atoms with Crippen LogP contribution in [0.3, 0.4) is 0 Å². The fraction of sp³-hybridized carbons (Fsp3) is 0.125. The summed E-state index contributed by atoms with van der Waals surface area (Å²) in [6.45, 7) is 3.03. The quantitative estimate of drug-likeness (QED) is 0.643. The molecule has 3 rings (SSSR count). The van der Waals surface area contributed by atoms with Crippen molar-refractivity contribution in [2.24, 2.45) is 0 Å². The monoisotopic (exact) mass is 299 g/mol. The Morgan fingerprint density at radius 2 is 1.89 bits per heavy atom. The van der Waals surface area contributed by atoms with Crippen molar-refractivity contribution in [1.82, 2.24) is 4.57 Å². The van der Waals surface area contributed by atoms with Gasteiger partial charge in [-0.05, 0) is 41.6 Å². The van der Waals surface area contributed by atoms with Crippen molar-refractivity contribution in [2.45, 2.75) is 13.5 Å². The highest BCUT2D eigenvalue weighted by molar-refractivity contribution is 9.10. The summed E-state index contributed by atoms with van der Waals surface area (Å²) in [4.78, 5) is 0. The zero-order valence-corrected chi connectivity index (χ0v) is 11.8. The van der Waals surface area contributed by atoms with Crippen LogP contribution in [0.25, 0.3) is 10.9 Å². The lowest BCUT2D eigenvalue weighted by Gasteiger charge is -2.08. The van der Waals surface area contributed by atoms with Crippen LogP contribution in [0.5, 0.6) is 0 Å². The average Bonchev–Trinajstić information content (AvgIpc) is 2.75. The second-order valence-electron chi connectivity index (χ2n) is 4.60. The van der Waals surface area contributed by atoms with Gasteiger partial charge in [0.2, 0.25) is 0 Å². The van der Waals surface area contributed by atoms with Gasteiger partial charge in [0.25, 0.3) is 0 Å². The van der Waals surface area contributed by atoms with Crippen molar-refractivity contribution < 1.29 is 0 Å². The summed E-state index contributed by atoms with van der Waals surface area (Å²) in [6, 6.07) is 17.1. The maximum atomic E-state index is 3.61. The molecule has 1 aromatic heterocycles. The number of fused-ring (bicyclic) bond motifs is 1. The van der Waals surface area contributed by atoms with E-state index in [-0.39, 0.29) is 0 Å². The number of benzene rings is 2. The van der Waals surface area contributed by atoms with Crippen LogP contribution in [-0.4, -0.2) is 4.57 Å². The molecule has 0 aliphatic heterocycles. The summed E-state index contributed by atoms with van der Waals surface area (Å²) in [5.41, 5.74) is 3.90. The zero-order chi connectivity index (χ0) is 12.5. The summed E-state index contributed by atoms with van der Waals surface area (Å²) in [5.74, 6) is 0. The minimum absolute atomic E-state index is 0.897. The molecule has 0 aliphatic carbocycles. The predicted molar refractivity (Wildman–Crippen MR) is 79.9 cm³/mol. The van der Waals surface area contributed by atoms with E-state index < -0.39 is 0 Å². The third kappa shape index (κ3) is 2.08. The second kappa shape index (κ2) is 4.62. The summed E-state index contributed by atoms with van der Waals surface area (Å²) in [6.07, 6.45) is 2.16. The Hall–Kier alpha value is -1.54. The van der Waals surface area contributed by atoms with Crippen molar-refractivity contribution in [3.63, 3.8) is 0 Å². The van der Waals surface area contributed by atoms with Crippen molar-refractivity contribution in [3.05, 3.63) is 70.3 Å². The van der Waals surface area contributed by atoms with E-state index in [2.05, 4.69) is 76.1 Å². The number of nitrogens with zero attached hydrogens (tertiary/aromatic N) is 1. The van der Waals surface area contributed by atoms with E-state index in [0.29, 0.717) is 0 Å². The first-order valence-corrected chi connectivity index (χ1v) is 6.82. The van der Waals surface area contributed by atoms with Crippen molar-refractivity contribution in [3.8, 4) is 0 Å². The van der Waals surface area contributed by atoms with E-state index in [1.165, 1.54) is 26.5 Å². The number of halogens is 1. The molecule has 2 aromatic carbocycles. The third-order valence-corrected chi connectivity index (χ3v) is 4.00. The first kappa shape index (κ1) is 11.5. The molecule has 2 heteroatoms. The molecular weight excluding hydrogens is 286 g/mol. The Morgan fingerprint density at radius 1 is 1.06 bits per heavy atom. The highest BCUT2D eigenvalue weighted by Gasteiger charge is 2.04. The molecule has 0 fully saturated rings. The van der Waals surface area contributed by atoms with Crippen LogP contribution in [0.4, 0.5) is 0 Å². The summed E-state index contributed by atoms with van der Waals surface area (Å²) in [5, 5.41) is 1.30. The van der Waals surface area contributed by atoms with Gasteiger partial charge in [-0.15, -0.1) is 0 Å². The number of rotatable bonds is 2. The lowest BCUT2D eigenvalue weighted by atomic mass is 10.2. The lowest BCUT2D eigenvalue weighted by Crippen LogP contribution is -1.98. The molecule has 0 spiro atoms. The van der Waals surface area contributed by atoms with Crippen molar-refractivity contribution >= 4 is 26.8 Å². The molecule has 1 nitrogen and oxygen atoms in total. The zero-order valence-electron chi connectivity index (χ0n) is 10.2. The van der Waals surface area contributed by atoms with Gasteiger partial charge in [0.05, 0.1) is 0 Å². The Labute approximate surface area is 115 Å². The average molecular weight is 300 g/mol. The standard InChI is InChI=1S/C16H14BrN/c1-12-6-7-13-8-9-18(16(13)10-12)11-14-4-2-3-5-15(14)17/h2-10H,11H2,1H3. The van der Waals surface area contributed by atoms with Crippen molar-refractivity contribution in [1.29, 1.82) is 0 Å². The van der Waals surface area contributed by atoms with Crippen LogP contribution in [0.2, 0.25) is 0 Å². The van der Waals surface area contributed by atoms with Crippen LogP contribution in [0.1, 0.15) is 11.1 Å². The Kier molecular flexibility index (Phi) is 2.96. The molecular formula is C16H14BrN. The molecule has 0 radical (unpaired) electrons. The largest absolute Gasteiger partial charge is 0.343 e. The number of aromatic nitrogens is 1. The molecule has 0 aliphatic rings. The first-order valence-electron chi connectivity index (χ1n) is 6.03. The molecule has 0 saturated heterocycles.